The zero-order chi connectivity index (χ0) is 18.1. The van der Waals surface area contributed by atoms with Crippen LogP contribution in [0.2, 0.25) is 0 Å². The Bertz CT molecular complexity index is 1090. The summed E-state index contributed by atoms with van der Waals surface area (Å²) in [7, 11) is 0. The van der Waals surface area contributed by atoms with Crippen molar-refractivity contribution in [2.45, 2.75) is 19.4 Å². The van der Waals surface area contributed by atoms with Crippen molar-refractivity contribution in [1.29, 1.82) is 0 Å². The highest BCUT2D eigenvalue weighted by Crippen LogP contribution is 2.29. The van der Waals surface area contributed by atoms with Gasteiger partial charge in [0.2, 0.25) is 0 Å². The number of benzene rings is 3. The smallest absolute Gasteiger partial charge is 0.140 e. The first-order valence-electron chi connectivity index (χ1n) is 9.48. The Kier molecular flexibility index (Phi) is 4.06. The molecule has 0 N–H and O–H groups in total. The Labute approximate surface area is 159 Å². The summed E-state index contributed by atoms with van der Waals surface area (Å²) in [4.78, 5) is 12.2. The molecule has 3 heteroatoms. The Morgan fingerprint density at radius 3 is 2.37 bits per heavy atom. The highest BCUT2D eigenvalue weighted by molar-refractivity contribution is 5.89. The molecule has 0 amide bonds. The molecule has 0 aliphatic carbocycles. The summed E-state index contributed by atoms with van der Waals surface area (Å²) >= 11 is 0. The van der Waals surface area contributed by atoms with Gasteiger partial charge in [-0.2, -0.15) is 0 Å². The van der Waals surface area contributed by atoms with Gasteiger partial charge in [-0.05, 0) is 35.2 Å². The van der Waals surface area contributed by atoms with Crippen molar-refractivity contribution in [1.82, 2.24) is 9.97 Å². The van der Waals surface area contributed by atoms with E-state index in [1.807, 2.05) is 6.07 Å². The van der Waals surface area contributed by atoms with Gasteiger partial charge in [-0.3, -0.25) is 0 Å². The van der Waals surface area contributed by atoms with Crippen LogP contribution >= 0.6 is 0 Å². The average Bonchev–Trinajstić information content (AvgIpc) is 2.73. The van der Waals surface area contributed by atoms with E-state index in [1.54, 1.807) is 0 Å². The molecule has 0 bridgehead atoms. The molecule has 27 heavy (non-hydrogen) atoms. The van der Waals surface area contributed by atoms with Gasteiger partial charge >= 0.3 is 0 Å². The molecular formula is C24H21N3. The molecular weight excluding hydrogens is 330 g/mol. The number of hydrogen-bond acceptors (Lipinski definition) is 3. The van der Waals surface area contributed by atoms with Gasteiger partial charge in [-0.15, -0.1) is 0 Å². The third kappa shape index (κ3) is 3.17. The Hall–Kier alpha value is -3.20. The van der Waals surface area contributed by atoms with Gasteiger partial charge in [0.05, 0.1) is 5.52 Å². The summed E-state index contributed by atoms with van der Waals surface area (Å²) in [5.74, 6) is 1.94. The molecule has 0 saturated heterocycles. The van der Waals surface area contributed by atoms with Crippen LogP contribution in [-0.2, 0) is 19.4 Å². The number of hydrogen-bond donors (Lipinski definition) is 0. The van der Waals surface area contributed by atoms with Crippen molar-refractivity contribution < 1.29 is 0 Å². The first-order chi connectivity index (χ1) is 13.4. The van der Waals surface area contributed by atoms with Crippen LogP contribution in [0.3, 0.4) is 0 Å². The van der Waals surface area contributed by atoms with Crippen molar-refractivity contribution in [2.24, 2.45) is 0 Å². The predicted molar refractivity (Wildman–Crippen MR) is 110 cm³/mol. The first kappa shape index (κ1) is 16.0. The van der Waals surface area contributed by atoms with Gasteiger partial charge in [0.25, 0.3) is 0 Å². The molecule has 4 aromatic rings. The molecule has 1 aliphatic rings. The van der Waals surface area contributed by atoms with Gasteiger partial charge < -0.3 is 4.90 Å². The van der Waals surface area contributed by atoms with E-state index >= 15 is 0 Å². The molecule has 0 spiro atoms. The summed E-state index contributed by atoms with van der Waals surface area (Å²) in [6, 6.07) is 27.5. The highest BCUT2D eigenvalue weighted by atomic mass is 15.2. The minimum absolute atomic E-state index is 0.753. The average molecular weight is 351 g/mol. The predicted octanol–water partition coefficient (Wildman–Crippen LogP) is 4.78. The van der Waals surface area contributed by atoms with Crippen LogP contribution in [0, 0.1) is 0 Å². The van der Waals surface area contributed by atoms with E-state index in [9.17, 15) is 0 Å². The second kappa shape index (κ2) is 6.84. The molecule has 1 aromatic heterocycles. The van der Waals surface area contributed by atoms with Crippen LogP contribution in [-0.4, -0.2) is 16.5 Å². The van der Waals surface area contributed by atoms with Crippen LogP contribution in [0.1, 0.15) is 22.5 Å². The maximum atomic E-state index is 5.01. The van der Waals surface area contributed by atoms with Crippen molar-refractivity contribution >= 4 is 16.7 Å². The van der Waals surface area contributed by atoms with Crippen molar-refractivity contribution in [3.63, 3.8) is 0 Å². The number of para-hydroxylation sites is 1. The molecule has 0 saturated carbocycles. The van der Waals surface area contributed by atoms with Crippen LogP contribution in [0.4, 0.5) is 5.82 Å². The van der Waals surface area contributed by atoms with Crippen molar-refractivity contribution in [2.75, 3.05) is 11.4 Å². The summed E-state index contributed by atoms with van der Waals surface area (Å²) in [5, 5.41) is 1.13. The standard InChI is InChI=1S/C24H21N3/c1-2-8-18(9-3-1)16-23-25-22-13-7-6-12-21(22)24(26-23)27-15-14-19-10-4-5-11-20(19)17-27/h1-13H,14-17H2. The lowest BCUT2D eigenvalue weighted by Gasteiger charge is -2.30. The molecule has 3 aromatic carbocycles. The van der Waals surface area contributed by atoms with E-state index in [-0.39, 0.29) is 0 Å². The maximum absolute atomic E-state index is 5.01. The quantitative estimate of drug-likeness (QED) is 0.532. The zero-order valence-electron chi connectivity index (χ0n) is 15.2. The first-order valence-corrected chi connectivity index (χ1v) is 9.48. The largest absolute Gasteiger partial charge is 0.351 e. The molecule has 1 aliphatic heterocycles. The number of fused-ring (bicyclic) bond motifs is 2. The van der Waals surface area contributed by atoms with Crippen LogP contribution in [0.5, 0.6) is 0 Å². The lowest BCUT2D eigenvalue weighted by molar-refractivity contribution is 0.720. The zero-order valence-corrected chi connectivity index (χ0v) is 15.2. The summed E-state index contributed by atoms with van der Waals surface area (Å²) in [6.45, 7) is 1.89. The molecule has 2 heterocycles. The Balaban J connectivity index is 1.57. The number of aromatic nitrogens is 2. The second-order valence-electron chi connectivity index (χ2n) is 7.08. The SMILES string of the molecule is c1ccc(Cc2nc(N3CCc4ccccc4C3)c3ccccc3n2)cc1. The lowest BCUT2D eigenvalue weighted by atomic mass is 9.99. The Morgan fingerprint density at radius 1 is 0.741 bits per heavy atom. The molecule has 0 fully saturated rings. The van der Waals surface area contributed by atoms with E-state index in [0.29, 0.717) is 0 Å². The van der Waals surface area contributed by atoms with E-state index in [1.165, 1.54) is 16.7 Å². The molecule has 0 radical (unpaired) electrons. The van der Waals surface area contributed by atoms with Gasteiger partial charge in [0, 0.05) is 24.9 Å². The summed E-state index contributed by atoms with van der Waals surface area (Å²) in [6.07, 6.45) is 1.81. The third-order valence-electron chi connectivity index (χ3n) is 5.26. The topological polar surface area (TPSA) is 29.0 Å². The van der Waals surface area contributed by atoms with E-state index in [2.05, 4.69) is 77.7 Å². The van der Waals surface area contributed by atoms with E-state index in [4.69, 9.17) is 9.97 Å². The van der Waals surface area contributed by atoms with E-state index < -0.39 is 0 Å². The Morgan fingerprint density at radius 2 is 1.48 bits per heavy atom. The molecule has 3 nitrogen and oxygen atoms in total. The van der Waals surface area contributed by atoms with Gasteiger partial charge in [-0.1, -0.05) is 66.7 Å². The number of rotatable bonds is 3. The monoisotopic (exact) mass is 351 g/mol. The van der Waals surface area contributed by atoms with Crippen LogP contribution in [0.15, 0.2) is 78.9 Å². The summed E-state index contributed by atoms with van der Waals surface area (Å²) < 4.78 is 0. The molecule has 0 atom stereocenters. The van der Waals surface area contributed by atoms with Gasteiger partial charge in [-0.25, -0.2) is 9.97 Å². The summed E-state index contributed by atoms with van der Waals surface area (Å²) in [5.41, 5.74) is 5.11. The van der Waals surface area contributed by atoms with Crippen molar-refractivity contribution in [3.05, 3.63) is 101 Å². The van der Waals surface area contributed by atoms with E-state index in [0.717, 1.165) is 48.5 Å². The lowest BCUT2D eigenvalue weighted by Crippen LogP contribution is -2.31. The van der Waals surface area contributed by atoms with Gasteiger partial charge in [0.1, 0.15) is 11.6 Å². The number of anilines is 1. The van der Waals surface area contributed by atoms with Gasteiger partial charge in [0.15, 0.2) is 0 Å². The molecule has 5 rings (SSSR count). The minimum atomic E-state index is 0.753. The highest BCUT2D eigenvalue weighted by Gasteiger charge is 2.20. The fourth-order valence-electron chi connectivity index (χ4n) is 3.88. The van der Waals surface area contributed by atoms with Crippen molar-refractivity contribution in [3.8, 4) is 0 Å². The molecule has 0 unspecified atom stereocenters. The second-order valence-corrected chi connectivity index (χ2v) is 7.08. The minimum Gasteiger partial charge on any atom is -0.351 e. The maximum Gasteiger partial charge on any atom is 0.140 e. The fraction of sp³-hybridized carbons (Fsp3) is 0.167. The third-order valence-corrected chi connectivity index (χ3v) is 5.26. The number of nitrogens with zero attached hydrogens (tertiary/aromatic N) is 3. The van der Waals surface area contributed by atoms with Crippen LogP contribution in [0.25, 0.3) is 10.9 Å². The normalized spacial score (nSPS) is 13.6. The molecule has 132 valence electrons. The van der Waals surface area contributed by atoms with Crippen LogP contribution < -0.4 is 4.90 Å². The fourth-order valence-corrected chi connectivity index (χ4v) is 3.88.